The molecular formula is C58H54N2O6. The summed E-state index contributed by atoms with van der Waals surface area (Å²) in [6.07, 6.45) is 7.05. The molecule has 8 aromatic carbocycles. The average molecular weight is 875 g/mol. The van der Waals surface area contributed by atoms with Crippen molar-refractivity contribution in [1.82, 2.24) is 0 Å². The monoisotopic (exact) mass is 874 g/mol. The van der Waals surface area contributed by atoms with Gasteiger partial charge in [-0.1, -0.05) is 122 Å². The molecule has 0 radical (unpaired) electrons. The molecule has 0 amide bonds. The van der Waals surface area contributed by atoms with Gasteiger partial charge in [0.25, 0.3) is 0 Å². The van der Waals surface area contributed by atoms with Gasteiger partial charge in [0.2, 0.25) is 0 Å². The van der Waals surface area contributed by atoms with Crippen LogP contribution in [-0.2, 0) is 9.59 Å². The summed E-state index contributed by atoms with van der Waals surface area (Å²) in [5.74, 6) is 0.0508. The SMILES string of the molecule is CC(C)(C)C(=O)Oc1ccc2ccccc2c1-c1c(O)c(C=NC2CCCCC2N=Cc2cc3ccccc3c(-c3c(OC(=O)C(C)(C)C)ccc4ccccc34)c2O)cc2ccccc12. The summed E-state index contributed by atoms with van der Waals surface area (Å²) in [4.78, 5) is 37.0. The number of carbonyl (C=O) groups is 2. The van der Waals surface area contributed by atoms with Crippen LogP contribution in [0.2, 0.25) is 0 Å². The molecule has 2 unspecified atom stereocenters. The van der Waals surface area contributed by atoms with Gasteiger partial charge in [0.1, 0.15) is 23.0 Å². The van der Waals surface area contributed by atoms with Gasteiger partial charge < -0.3 is 19.7 Å². The van der Waals surface area contributed by atoms with Gasteiger partial charge in [-0.2, -0.15) is 0 Å². The fourth-order valence-corrected chi connectivity index (χ4v) is 8.91. The fraction of sp³-hybridized carbons (Fsp3) is 0.241. The number of phenolic OH excluding ortho intramolecular Hbond substituents is 2. The van der Waals surface area contributed by atoms with Crippen molar-refractivity contribution in [3.05, 3.63) is 145 Å². The van der Waals surface area contributed by atoms with Crippen molar-refractivity contribution < 1.29 is 29.3 Å². The minimum Gasteiger partial charge on any atom is -0.507 e. The van der Waals surface area contributed by atoms with Gasteiger partial charge in [0.15, 0.2) is 0 Å². The summed E-state index contributed by atoms with van der Waals surface area (Å²) in [6.45, 7) is 10.9. The largest absolute Gasteiger partial charge is 0.507 e. The van der Waals surface area contributed by atoms with Gasteiger partial charge in [0.05, 0.1) is 22.9 Å². The van der Waals surface area contributed by atoms with Crippen LogP contribution in [0.3, 0.4) is 0 Å². The van der Waals surface area contributed by atoms with Crippen molar-refractivity contribution in [2.24, 2.45) is 20.8 Å². The second-order valence-electron chi connectivity index (χ2n) is 19.4. The first-order valence-corrected chi connectivity index (χ1v) is 22.7. The molecule has 0 heterocycles. The van der Waals surface area contributed by atoms with Crippen molar-refractivity contribution in [2.75, 3.05) is 0 Å². The van der Waals surface area contributed by atoms with Gasteiger partial charge >= 0.3 is 11.9 Å². The van der Waals surface area contributed by atoms with Crippen molar-refractivity contribution in [2.45, 2.75) is 79.3 Å². The van der Waals surface area contributed by atoms with E-state index < -0.39 is 10.8 Å². The summed E-state index contributed by atoms with van der Waals surface area (Å²) in [7, 11) is 0. The number of phenols is 2. The summed E-state index contributed by atoms with van der Waals surface area (Å²) < 4.78 is 12.3. The van der Waals surface area contributed by atoms with Gasteiger partial charge in [-0.05, 0) is 122 Å². The minimum atomic E-state index is -0.751. The van der Waals surface area contributed by atoms with Crippen LogP contribution >= 0.6 is 0 Å². The Morgan fingerprint density at radius 1 is 0.485 bits per heavy atom. The first kappa shape index (κ1) is 43.9. The summed E-state index contributed by atoms with van der Waals surface area (Å²) in [6, 6.07) is 42.5. The van der Waals surface area contributed by atoms with Crippen LogP contribution in [0.1, 0.15) is 78.4 Å². The lowest BCUT2D eigenvalue weighted by atomic mass is 9.89. The van der Waals surface area contributed by atoms with E-state index in [0.717, 1.165) is 68.8 Å². The van der Waals surface area contributed by atoms with Crippen LogP contribution in [0.15, 0.2) is 143 Å². The maximum absolute atomic E-state index is 13.4. The molecule has 332 valence electrons. The normalized spacial score (nSPS) is 15.9. The van der Waals surface area contributed by atoms with Crippen molar-refractivity contribution in [3.8, 4) is 45.3 Å². The molecule has 0 aromatic heterocycles. The van der Waals surface area contributed by atoms with E-state index in [0.29, 0.717) is 44.9 Å². The molecule has 1 aliphatic rings. The van der Waals surface area contributed by atoms with E-state index in [1.165, 1.54) is 0 Å². The maximum atomic E-state index is 13.4. The highest BCUT2D eigenvalue weighted by Gasteiger charge is 2.30. The van der Waals surface area contributed by atoms with E-state index in [1.54, 1.807) is 24.6 Å². The van der Waals surface area contributed by atoms with Crippen molar-refractivity contribution >= 4 is 67.5 Å². The highest BCUT2D eigenvalue weighted by molar-refractivity contribution is 6.14. The zero-order chi connectivity index (χ0) is 46.3. The topological polar surface area (TPSA) is 118 Å². The number of ether oxygens (including phenoxy) is 2. The molecule has 9 rings (SSSR count). The Labute approximate surface area is 385 Å². The molecule has 0 saturated heterocycles. The molecule has 2 N–H and O–H groups in total. The quantitative estimate of drug-likeness (QED) is 0.0892. The third-order valence-electron chi connectivity index (χ3n) is 12.5. The molecule has 2 atom stereocenters. The Kier molecular flexibility index (Phi) is 11.7. The Morgan fingerprint density at radius 2 is 0.818 bits per heavy atom. The fourth-order valence-electron chi connectivity index (χ4n) is 8.91. The van der Waals surface area contributed by atoms with Crippen LogP contribution in [0.4, 0.5) is 0 Å². The number of carbonyl (C=O) groups excluding carboxylic acids is 2. The highest BCUT2D eigenvalue weighted by atomic mass is 16.5. The number of aromatic hydroxyl groups is 2. The Hall–Kier alpha value is -7.32. The first-order valence-electron chi connectivity index (χ1n) is 22.7. The second-order valence-corrected chi connectivity index (χ2v) is 19.4. The lowest BCUT2D eigenvalue weighted by Gasteiger charge is -2.26. The van der Waals surface area contributed by atoms with Crippen LogP contribution < -0.4 is 9.47 Å². The summed E-state index contributed by atoms with van der Waals surface area (Å²) >= 11 is 0. The number of nitrogens with zero attached hydrogens (tertiary/aromatic N) is 2. The van der Waals surface area contributed by atoms with E-state index in [-0.39, 0.29) is 35.5 Å². The zero-order valence-electron chi connectivity index (χ0n) is 38.3. The van der Waals surface area contributed by atoms with Crippen molar-refractivity contribution in [1.29, 1.82) is 0 Å². The predicted octanol–water partition coefficient (Wildman–Crippen LogP) is 13.8. The van der Waals surface area contributed by atoms with Gasteiger partial charge in [-0.15, -0.1) is 0 Å². The number of hydrogen-bond donors (Lipinski definition) is 2. The molecule has 0 spiro atoms. The molecule has 0 aliphatic heterocycles. The summed E-state index contributed by atoms with van der Waals surface area (Å²) in [5.41, 5.74) is 1.95. The molecular weight excluding hydrogens is 821 g/mol. The number of esters is 2. The number of aliphatic imine (C=N–C) groups is 2. The molecule has 1 aliphatic carbocycles. The van der Waals surface area contributed by atoms with Crippen LogP contribution in [-0.4, -0.2) is 46.7 Å². The number of hydrogen-bond acceptors (Lipinski definition) is 8. The molecule has 66 heavy (non-hydrogen) atoms. The molecule has 8 heteroatoms. The number of benzene rings is 8. The lowest BCUT2D eigenvalue weighted by Crippen LogP contribution is -2.27. The van der Waals surface area contributed by atoms with Crippen LogP contribution in [0.25, 0.3) is 65.3 Å². The zero-order valence-corrected chi connectivity index (χ0v) is 38.3. The predicted molar refractivity (Wildman–Crippen MR) is 269 cm³/mol. The van der Waals surface area contributed by atoms with Gasteiger partial charge in [0, 0.05) is 45.8 Å². The Balaban J connectivity index is 1.12. The van der Waals surface area contributed by atoms with Crippen LogP contribution in [0, 0.1) is 10.8 Å². The summed E-state index contributed by atoms with van der Waals surface area (Å²) in [5, 5.41) is 31.7. The first-order chi connectivity index (χ1) is 31.7. The molecule has 8 nitrogen and oxygen atoms in total. The highest BCUT2D eigenvalue weighted by Crippen LogP contribution is 2.48. The molecule has 0 bridgehead atoms. The third-order valence-corrected chi connectivity index (χ3v) is 12.5. The van der Waals surface area contributed by atoms with Gasteiger partial charge in [-0.3, -0.25) is 19.6 Å². The van der Waals surface area contributed by atoms with E-state index in [4.69, 9.17) is 19.5 Å². The molecule has 8 aromatic rings. The van der Waals surface area contributed by atoms with E-state index >= 15 is 0 Å². The molecule has 1 saturated carbocycles. The third kappa shape index (κ3) is 8.51. The maximum Gasteiger partial charge on any atom is 0.316 e. The second kappa shape index (κ2) is 17.6. The Bertz CT molecular complexity index is 3040. The number of rotatable bonds is 8. The average Bonchev–Trinajstić information content (AvgIpc) is 3.30. The lowest BCUT2D eigenvalue weighted by molar-refractivity contribution is -0.143. The van der Waals surface area contributed by atoms with Gasteiger partial charge in [-0.25, -0.2) is 0 Å². The standard InChI is InChI=1S/C58H54N2O6/c1-57(2,3)55(63)65-47-29-27-35-17-7-11-21-41(35)49(47)51-43-23-13-9-19-37(43)31-39(53(51)61)33-59-45-25-15-16-26-46(45)60-34-40-32-38-20-10-14-24-44(38)52(54(40)62)50-42-22-12-8-18-36(42)28-30-48(50)66-56(64)58(4,5)6/h7-14,17-24,27-34,45-46,61-62H,15-16,25-26H2,1-6H3. The Morgan fingerprint density at radius 3 is 1.18 bits per heavy atom. The molecule has 1 fully saturated rings. The van der Waals surface area contributed by atoms with Crippen molar-refractivity contribution in [3.63, 3.8) is 0 Å². The van der Waals surface area contributed by atoms with E-state index in [1.807, 2.05) is 163 Å². The minimum absolute atomic E-state index is 0.0346. The smallest absolute Gasteiger partial charge is 0.316 e. The van der Waals surface area contributed by atoms with Crippen LogP contribution in [0.5, 0.6) is 23.0 Å². The van der Waals surface area contributed by atoms with E-state index in [9.17, 15) is 19.8 Å². The van der Waals surface area contributed by atoms with E-state index in [2.05, 4.69) is 0 Å². The number of fused-ring (bicyclic) bond motifs is 4.